The monoisotopic (exact) mass is 495 g/mol. The summed E-state index contributed by atoms with van der Waals surface area (Å²) in [4.78, 5) is 49.7. The molecule has 0 radical (unpaired) electrons. The highest BCUT2D eigenvalue weighted by Crippen LogP contribution is 2.37. The van der Waals surface area contributed by atoms with E-state index in [9.17, 15) is 14.4 Å². The van der Waals surface area contributed by atoms with Crippen LogP contribution in [0.4, 0.5) is 0 Å². The summed E-state index contributed by atoms with van der Waals surface area (Å²) in [6.45, 7) is 2.24. The number of benzene rings is 2. The highest BCUT2D eigenvalue weighted by Gasteiger charge is 2.49. The predicted molar refractivity (Wildman–Crippen MR) is 142 cm³/mol. The van der Waals surface area contributed by atoms with Crippen LogP contribution in [0.2, 0.25) is 0 Å². The zero-order chi connectivity index (χ0) is 25.8. The minimum Gasteiger partial charge on any atom is -0.324 e. The van der Waals surface area contributed by atoms with E-state index >= 15 is 0 Å². The maximum atomic E-state index is 14.3. The van der Waals surface area contributed by atoms with Gasteiger partial charge in [-0.3, -0.25) is 19.4 Å². The number of nitrogens with zero attached hydrogens (tertiary/aromatic N) is 3. The summed E-state index contributed by atoms with van der Waals surface area (Å²) in [6, 6.07) is 19.1. The van der Waals surface area contributed by atoms with E-state index in [1.807, 2.05) is 55.5 Å². The van der Waals surface area contributed by atoms with E-state index in [4.69, 9.17) is 0 Å². The van der Waals surface area contributed by atoms with Crippen LogP contribution in [0.5, 0.6) is 0 Å². The molecule has 0 spiro atoms. The zero-order valence-corrected chi connectivity index (χ0v) is 21.3. The van der Waals surface area contributed by atoms with Crippen LogP contribution in [0.3, 0.4) is 0 Å². The number of pyridine rings is 1. The van der Waals surface area contributed by atoms with Crippen molar-refractivity contribution in [2.24, 2.45) is 0 Å². The molecule has 2 unspecified atom stereocenters. The van der Waals surface area contributed by atoms with Crippen molar-refractivity contribution < 1.29 is 14.4 Å². The number of carbonyl (C=O) groups excluding carboxylic acids is 3. The lowest BCUT2D eigenvalue weighted by molar-refractivity contribution is -0.166. The number of aromatic nitrogens is 1. The lowest BCUT2D eigenvalue weighted by atomic mass is 9.87. The molecule has 5 rings (SSSR count). The normalized spacial score (nSPS) is 20.8. The lowest BCUT2D eigenvalue weighted by Crippen LogP contribution is -2.63. The molecule has 0 N–H and O–H groups in total. The Morgan fingerprint density at radius 1 is 0.892 bits per heavy atom. The first kappa shape index (κ1) is 24.9. The highest BCUT2D eigenvalue weighted by atomic mass is 16.2. The third-order valence-electron chi connectivity index (χ3n) is 7.63. The van der Waals surface area contributed by atoms with Gasteiger partial charge in [0.1, 0.15) is 12.1 Å². The highest BCUT2D eigenvalue weighted by molar-refractivity contribution is 6.03. The molecule has 2 atom stereocenters. The Hall–Kier alpha value is -3.80. The molecule has 3 aromatic rings. The van der Waals surface area contributed by atoms with Crippen molar-refractivity contribution in [3.8, 4) is 0 Å². The van der Waals surface area contributed by atoms with E-state index in [-0.39, 0.29) is 36.6 Å². The molecule has 190 valence electrons. The smallest absolute Gasteiger partial charge is 0.251 e. The average Bonchev–Trinajstić information content (AvgIpc) is 2.94. The fourth-order valence-corrected chi connectivity index (χ4v) is 5.65. The molecule has 2 aromatic carbocycles. The molecule has 2 heterocycles. The number of hydrogen-bond acceptors (Lipinski definition) is 4. The average molecular weight is 496 g/mol. The first-order chi connectivity index (χ1) is 18.0. The van der Waals surface area contributed by atoms with Gasteiger partial charge >= 0.3 is 0 Å². The van der Waals surface area contributed by atoms with Crippen LogP contribution >= 0.6 is 0 Å². The van der Waals surface area contributed by atoms with E-state index < -0.39 is 12.1 Å². The van der Waals surface area contributed by atoms with Crippen molar-refractivity contribution >= 4 is 17.6 Å². The van der Waals surface area contributed by atoms with Crippen LogP contribution in [-0.4, -0.2) is 44.5 Å². The zero-order valence-electron chi connectivity index (χ0n) is 21.3. The number of hydrogen-bond donors (Lipinski definition) is 0. The number of aryl methyl sites for hydroxylation is 1. The van der Waals surface area contributed by atoms with Crippen molar-refractivity contribution in [3.63, 3.8) is 0 Å². The summed E-state index contributed by atoms with van der Waals surface area (Å²) in [5, 5.41) is 0. The van der Waals surface area contributed by atoms with Crippen molar-refractivity contribution in [1.82, 2.24) is 14.8 Å². The fourth-order valence-electron chi connectivity index (χ4n) is 5.65. The Morgan fingerprint density at radius 3 is 2.30 bits per heavy atom. The minimum atomic E-state index is -0.851. The number of amides is 2. The van der Waals surface area contributed by atoms with Crippen LogP contribution in [0, 0.1) is 6.92 Å². The molecule has 6 heteroatoms. The summed E-state index contributed by atoms with van der Waals surface area (Å²) in [6.07, 6.45) is 8.26. The molecule has 6 nitrogen and oxygen atoms in total. The Morgan fingerprint density at radius 2 is 1.62 bits per heavy atom. The van der Waals surface area contributed by atoms with Crippen molar-refractivity contribution in [3.05, 3.63) is 101 Å². The van der Waals surface area contributed by atoms with Gasteiger partial charge in [-0.15, -0.1) is 0 Å². The molecule has 2 amide bonds. The molecule has 37 heavy (non-hydrogen) atoms. The van der Waals surface area contributed by atoms with Crippen LogP contribution in [0.25, 0.3) is 0 Å². The first-order valence-corrected chi connectivity index (χ1v) is 13.2. The Kier molecular flexibility index (Phi) is 7.45. The Labute approximate surface area is 218 Å². The van der Waals surface area contributed by atoms with Gasteiger partial charge in [-0.2, -0.15) is 0 Å². The van der Waals surface area contributed by atoms with Crippen LogP contribution in [0.15, 0.2) is 79.1 Å². The first-order valence-electron chi connectivity index (χ1n) is 13.2. The van der Waals surface area contributed by atoms with Gasteiger partial charge in [-0.1, -0.05) is 85.5 Å². The topological polar surface area (TPSA) is 70.6 Å². The molecule has 1 saturated heterocycles. The van der Waals surface area contributed by atoms with E-state index in [0.29, 0.717) is 11.1 Å². The van der Waals surface area contributed by atoms with Gasteiger partial charge in [0.2, 0.25) is 5.91 Å². The maximum Gasteiger partial charge on any atom is 0.251 e. The van der Waals surface area contributed by atoms with Gasteiger partial charge < -0.3 is 9.80 Å². The van der Waals surface area contributed by atoms with Gasteiger partial charge in [0.05, 0.1) is 0 Å². The van der Waals surface area contributed by atoms with E-state index in [1.54, 1.807) is 40.4 Å². The second kappa shape index (κ2) is 11.1. The molecular formula is C31H33N3O3. The predicted octanol–water partition coefficient (Wildman–Crippen LogP) is 5.28. The number of rotatable bonds is 7. The number of ketones is 1. The second-order valence-corrected chi connectivity index (χ2v) is 10.2. The maximum absolute atomic E-state index is 14.3. The van der Waals surface area contributed by atoms with Gasteiger partial charge in [0.15, 0.2) is 5.78 Å². The number of carbonyl (C=O) groups is 3. The van der Waals surface area contributed by atoms with Gasteiger partial charge in [-0.25, -0.2) is 0 Å². The van der Waals surface area contributed by atoms with E-state index in [0.717, 1.165) is 43.2 Å². The van der Waals surface area contributed by atoms with Crippen molar-refractivity contribution in [2.75, 3.05) is 0 Å². The largest absolute Gasteiger partial charge is 0.324 e. The minimum absolute atomic E-state index is 0.0220. The Balaban J connectivity index is 1.54. The summed E-state index contributed by atoms with van der Waals surface area (Å²) in [5.41, 5.74) is 3.26. The molecule has 1 aromatic heterocycles. The molecular weight excluding hydrogens is 462 g/mol. The quantitative estimate of drug-likeness (QED) is 0.419. The van der Waals surface area contributed by atoms with Gasteiger partial charge in [0, 0.05) is 42.5 Å². The van der Waals surface area contributed by atoms with Gasteiger partial charge in [0.25, 0.3) is 5.91 Å². The molecule has 1 saturated carbocycles. The number of piperazine rings is 1. The van der Waals surface area contributed by atoms with Crippen molar-refractivity contribution in [1.29, 1.82) is 0 Å². The molecule has 0 bridgehead atoms. The SMILES string of the molecule is Cc1ccc(C(=O)CC2C(=O)N(C3CCCCC3)C(c3cccnc3)C(=O)N2Cc2ccccc2)cc1. The van der Waals surface area contributed by atoms with Gasteiger partial charge in [-0.05, 0) is 31.4 Å². The van der Waals surface area contributed by atoms with Crippen LogP contribution in [0.1, 0.15) is 71.6 Å². The molecule has 2 fully saturated rings. The molecule has 2 aliphatic rings. The van der Waals surface area contributed by atoms with E-state index in [2.05, 4.69) is 4.98 Å². The fraction of sp³-hybridized carbons (Fsp3) is 0.355. The summed E-state index contributed by atoms with van der Waals surface area (Å²) >= 11 is 0. The van der Waals surface area contributed by atoms with E-state index in [1.165, 1.54) is 0 Å². The summed E-state index contributed by atoms with van der Waals surface area (Å²) in [7, 11) is 0. The molecule has 1 aliphatic heterocycles. The number of Topliss-reactive ketones (excluding diaryl/α,β-unsaturated/α-hetero) is 1. The third kappa shape index (κ3) is 5.33. The van der Waals surface area contributed by atoms with Crippen LogP contribution in [-0.2, 0) is 16.1 Å². The Bertz CT molecular complexity index is 1240. The molecule has 1 aliphatic carbocycles. The van der Waals surface area contributed by atoms with Crippen LogP contribution < -0.4 is 0 Å². The lowest BCUT2D eigenvalue weighted by Gasteiger charge is -2.49. The standard InChI is InChI=1S/C31H33N3O3/c1-22-14-16-24(17-15-22)28(35)19-27-30(36)34(26-12-6-3-7-13-26)29(25-11-8-18-32-20-25)31(37)33(27)21-23-9-4-2-5-10-23/h2,4-5,8-11,14-18,20,26-27,29H,3,6-7,12-13,19,21H2,1H3. The summed E-state index contributed by atoms with van der Waals surface area (Å²) in [5.74, 6) is -0.423. The third-order valence-corrected chi connectivity index (χ3v) is 7.63. The van der Waals surface area contributed by atoms with Crippen molar-refractivity contribution in [2.45, 2.75) is 70.1 Å². The second-order valence-electron chi connectivity index (χ2n) is 10.2. The summed E-state index contributed by atoms with van der Waals surface area (Å²) < 4.78 is 0.